The van der Waals surface area contributed by atoms with Gasteiger partial charge in [-0.25, -0.2) is 13.8 Å². The standard InChI is InChI=1S/C16H17FN8O3/c1-10-19-21-23-25(10)14(6-11-3-2-4-12(17)5-11)16(28)18-7-13-8-24(22-20-13)9-15(26)27/h2-5,8,14H,6-7,9H2,1H3,(H,18,28)(H,26,27). The number of amides is 1. The first-order valence-electron chi connectivity index (χ1n) is 8.30. The molecule has 0 fully saturated rings. The fourth-order valence-corrected chi connectivity index (χ4v) is 2.63. The Labute approximate surface area is 158 Å². The molecule has 1 unspecified atom stereocenters. The van der Waals surface area contributed by atoms with Crippen molar-refractivity contribution in [3.8, 4) is 0 Å². The van der Waals surface area contributed by atoms with Gasteiger partial charge in [0.1, 0.15) is 29.9 Å². The van der Waals surface area contributed by atoms with Crippen LogP contribution in [0.2, 0.25) is 0 Å². The minimum Gasteiger partial charge on any atom is -0.480 e. The summed E-state index contributed by atoms with van der Waals surface area (Å²) < 4.78 is 16.0. The van der Waals surface area contributed by atoms with Crippen molar-refractivity contribution in [1.82, 2.24) is 40.5 Å². The van der Waals surface area contributed by atoms with Crippen molar-refractivity contribution in [3.63, 3.8) is 0 Å². The van der Waals surface area contributed by atoms with Crippen LogP contribution in [0.1, 0.15) is 23.1 Å². The van der Waals surface area contributed by atoms with Crippen molar-refractivity contribution < 1.29 is 19.1 Å². The number of carboxylic acids is 1. The summed E-state index contributed by atoms with van der Waals surface area (Å²) in [6, 6.07) is 5.14. The number of nitrogens with one attached hydrogen (secondary N) is 1. The molecular weight excluding hydrogens is 371 g/mol. The predicted molar refractivity (Wildman–Crippen MR) is 91.2 cm³/mol. The quantitative estimate of drug-likeness (QED) is 0.545. The van der Waals surface area contributed by atoms with Gasteiger partial charge in [-0.15, -0.1) is 10.2 Å². The molecule has 1 atom stereocenters. The van der Waals surface area contributed by atoms with Crippen molar-refractivity contribution >= 4 is 11.9 Å². The minimum atomic E-state index is -1.05. The first kappa shape index (κ1) is 19.1. The molecule has 3 aromatic rings. The molecule has 2 N–H and O–H groups in total. The Morgan fingerprint density at radius 3 is 2.79 bits per heavy atom. The Morgan fingerprint density at radius 1 is 1.29 bits per heavy atom. The second-order valence-electron chi connectivity index (χ2n) is 6.04. The van der Waals surface area contributed by atoms with Gasteiger partial charge in [0.2, 0.25) is 5.91 Å². The number of tetrazole rings is 1. The van der Waals surface area contributed by atoms with Gasteiger partial charge >= 0.3 is 5.97 Å². The third kappa shape index (κ3) is 4.72. The summed E-state index contributed by atoms with van der Waals surface area (Å²) >= 11 is 0. The number of rotatable bonds is 8. The summed E-state index contributed by atoms with van der Waals surface area (Å²) in [4.78, 5) is 23.5. The van der Waals surface area contributed by atoms with E-state index < -0.39 is 23.7 Å². The summed E-state index contributed by atoms with van der Waals surface area (Å²) in [7, 11) is 0. The Bertz CT molecular complexity index is 986. The van der Waals surface area contributed by atoms with Gasteiger partial charge in [0.15, 0.2) is 0 Å². The van der Waals surface area contributed by atoms with Crippen molar-refractivity contribution in [2.24, 2.45) is 0 Å². The van der Waals surface area contributed by atoms with Crippen molar-refractivity contribution in [3.05, 3.63) is 53.4 Å². The average molecular weight is 388 g/mol. The fourth-order valence-electron chi connectivity index (χ4n) is 2.63. The van der Waals surface area contributed by atoms with E-state index in [-0.39, 0.29) is 19.5 Å². The van der Waals surface area contributed by atoms with Gasteiger partial charge in [-0.3, -0.25) is 9.59 Å². The molecule has 0 aliphatic rings. The normalized spacial score (nSPS) is 11.9. The molecule has 3 rings (SSSR count). The van der Waals surface area contributed by atoms with Crippen LogP contribution in [0.15, 0.2) is 30.5 Å². The van der Waals surface area contributed by atoms with E-state index in [0.717, 1.165) is 4.68 Å². The van der Waals surface area contributed by atoms with Crippen LogP contribution in [0.3, 0.4) is 0 Å². The molecule has 146 valence electrons. The molecule has 0 spiro atoms. The van der Waals surface area contributed by atoms with Crippen LogP contribution in [0.4, 0.5) is 4.39 Å². The van der Waals surface area contributed by atoms with Gasteiger partial charge in [-0.1, -0.05) is 17.3 Å². The van der Waals surface area contributed by atoms with Crippen molar-refractivity contribution in [1.29, 1.82) is 0 Å². The lowest BCUT2D eigenvalue weighted by Gasteiger charge is -2.17. The van der Waals surface area contributed by atoms with Crippen molar-refractivity contribution in [2.75, 3.05) is 0 Å². The van der Waals surface area contributed by atoms with Gasteiger partial charge in [0.05, 0.1) is 12.7 Å². The number of hydrogen-bond acceptors (Lipinski definition) is 7. The Kier molecular flexibility index (Phi) is 5.67. The summed E-state index contributed by atoms with van der Waals surface area (Å²) in [5.41, 5.74) is 1.01. The predicted octanol–water partition coefficient (Wildman–Crippen LogP) is -0.103. The van der Waals surface area contributed by atoms with Crippen LogP contribution in [0.25, 0.3) is 0 Å². The molecule has 0 bridgehead atoms. The van der Waals surface area contributed by atoms with E-state index in [2.05, 4.69) is 31.2 Å². The number of aromatic nitrogens is 7. The maximum atomic E-state index is 13.5. The molecule has 2 aromatic heterocycles. The molecule has 28 heavy (non-hydrogen) atoms. The average Bonchev–Trinajstić information content (AvgIpc) is 3.26. The highest BCUT2D eigenvalue weighted by Gasteiger charge is 2.24. The molecular formula is C16H17FN8O3. The number of aryl methyl sites for hydroxylation is 1. The van der Waals surface area contributed by atoms with E-state index in [1.54, 1.807) is 19.1 Å². The van der Waals surface area contributed by atoms with Gasteiger partial charge in [-0.2, -0.15) is 0 Å². The number of carbonyl (C=O) groups excluding carboxylic acids is 1. The number of hydrogen-bond donors (Lipinski definition) is 2. The van der Waals surface area contributed by atoms with E-state index in [9.17, 15) is 14.0 Å². The number of nitrogens with zero attached hydrogens (tertiary/aromatic N) is 7. The third-order valence-corrected chi connectivity index (χ3v) is 3.90. The first-order valence-corrected chi connectivity index (χ1v) is 8.30. The number of benzene rings is 1. The van der Waals surface area contributed by atoms with Crippen LogP contribution in [0, 0.1) is 12.7 Å². The molecule has 1 amide bonds. The zero-order valence-corrected chi connectivity index (χ0v) is 14.9. The van der Waals surface area contributed by atoms with E-state index >= 15 is 0 Å². The highest BCUT2D eigenvalue weighted by molar-refractivity contribution is 5.80. The maximum absolute atomic E-state index is 13.5. The number of carboxylic acid groups (broad SMARTS) is 1. The molecule has 2 heterocycles. The van der Waals surface area contributed by atoms with E-state index in [0.29, 0.717) is 17.1 Å². The smallest absolute Gasteiger partial charge is 0.325 e. The molecule has 11 nitrogen and oxygen atoms in total. The highest BCUT2D eigenvalue weighted by atomic mass is 19.1. The van der Waals surface area contributed by atoms with Crippen molar-refractivity contribution in [2.45, 2.75) is 32.5 Å². The van der Waals surface area contributed by atoms with Crippen LogP contribution < -0.4 is 5.32 Å². The monoisotopic (exact) mass is 388 g/mol. The second kappa shape index (κ2) is 8.33. The van der Waals surface area contributed by atoms with Crippen LogP contribution >= 0.6 is 0 Å². The Balaban J connectivity index is 1.72. The molecule has 0 saturated carbocycles. The second-order valence-corrected chi connectivity index (χ2v) is 6.04. The van der Waals surface area contributed by atoms with Crippen LogP contribution in [-0.4, -0.2) is 52.2 Å². The molecule has 0 aliphatic heterocycles. The number of carbonyl (C=O) groups is 2. The Morgan fingerprint density at radius 2 is 2.11 bits per heavy atom. The Hall–Kier alpha value is -3.70. The lowest BCUT2D eigenvalue weighted by molar-refractivity contribution is -0.138. The van der Waals surface area contributed by atoms with E-state index in [1.165, 1.54) is 23.0 Å². The molecule has 12 heteroatoms. The maximum Gasteiger partial charge on any atom is 0.325 e. The lowest BCUT2D eigenvalue weighted by Crippen LogP contribution is -2.34. The summed E-state index contributed by atoms with van der Waals surface area (Å²) in [6.07, 6.45) is 1.61. The van der Waals surface area contributed by atoms with E-state index in [4.69, 9.17) is 5.11 Å². The van der Waals surface area contributed by atoms with Gasteiger partial charge < -0.3 is 10.4 Å². The zero-order chi connectivity index (χ0) is 20.1. The summed E-state index contributed by atoms with van der Waals surface area (Å²) in [6.45, 7) is 1.37. The zero-order valence-electron chi connectivity index (χ0n) is 14.9. The van der Waals surface area contributed by atoms with Crippen LogP contribution in [0.5, 0.6) is 0 Å². The largest absolute Gasteiger partial charge is 0.480 e. The lowest BCUT2D eigenvalue weighted by atomic mass is 10.0. The highest BCUT2D eigenvalue weighted by Crippen LogP contribution is 2.16. The fraction of sp³-hybridized carbons (Fsp3) is 0.312. The molecule has 0 aliphatic carbocycles. The first-order chi connectivity index (χ1) is 13.4. The topological polar surface area (TPSA) is 141 Å². The minimum absolute atomic E-state index is 0.0409. The number of aliphatic carboxylic acids is 1. The van der Waals surface area contributed by atoms with Gasteiger partial charge in [-0.05, 0) is 35.0 Å². The van der Waals surface area contributed by atoms with Gasteiger partial charge in [0, 0.05) is 6.42 Å². The number of halogens is 1. The summed E-state index contributed by atoms with van der Waals surface area (Å²) in [5.74, 6) is -1.42. The van der Waals surface area contributed by atoms with E-state index in [1.807, 2.05) is 0 Å². The molecule has 0 radical (unpaired) electrons. The SMILES string of the molecule is Cc1nnnn1C(Cc1cccc(F)c1)C(=O)NCc1cn(CC(=O)O)nn1. The molecule has 0 saturated heterocycles. The third-order valence-electron chi connectivity index (χ3n) is 3.90. The molecule has 1 aromatic carbocycles. The summed E-state index contributed by atoms with van der Waals surface area (Å²) in [5, 5.41) is 30.2. The van der Waals surface area contributed by atoms with Crippen LogP contribution in [-0.2, 0) is 29.1 Å². The van der Waals surface area contributed by atoms with Gasteiger partial charge in [0.25, 0.3) is 0 Å².